The molecule has 124 valence electrons. The maximum absolute atomic E-state index is 4.74. The summed E-state index contributed by atoms with van der Waals surface area (Å²) in [5.41, 5.74) is 3.33. The molecule has 0 fully saturated rings. The minimum absolute atomic E-state index is 0. The van der Waals surface area contributed by atoms with Crippen molar-refractivity contribution in [3.8, 4) is 0 Å². The van der Waals surface area contributed by atoms with Gasteiger partial charge in [0.05, 0.1) is 0 Å². The molecule has 0 unspecified atom stereocenters. The predicted molar refractivity (Wildman–Crippen MR) is 102 cm³/mol. The molecule has 0 nitrogen and oxygen atoms in total. The number of rotatable bonds is 8. The van der Waals surface area contributed by atoms with Crippen molar-refractivity contribution < 1.29 is 21.0 Å². The Balaban J connectivity index is 0.00000220. The Bertz CT molecular complexity index is 452. The number of allylic oxidation sites excluding steroid dienone is 8. The minimum atomic E-state index is -1.94. The van der Waals surface area contributed by atoms with E-state index in [4.69, 9.17) is 4.26 Å². The van der Waals surface area contributed by atoms with Crippen molar-refractivity contribution in [2.24, 2.45) is 0 Å². The molecule has 0 aromatic rings. The van der Waals surface area contributed by atoms with Crippen LogP contribution >= 0.6 is 24.8 Å². The van der Waals surface area contributed by atoms with E-state index in [1.807, 2.05) is 0 Å². The standard InChI is InChI=1S/2C9H13.CH2.2ClH.Hf/c2*1-2-3-6-9-7-4-5-8-9;;;;/h2*4,7H,2-3,5-6H2,1H3;1H2;2*1H;. The first-order chi connectivity index (χ1) is 9.77. The van der Waals surface area contributed by atoms with E-state index in [-0.39, 0.29) is 24.8 Å². The Morgan fingerprint density at radius 2 is 1.27 bits per heavy atom. The van der Waals surface area contributed by atoms with Crippen molar-refractivity contribution in [1.82, 2.24) is 0 Å². The Hall–Kier alpha value is 0.280. The van der Waals surface area contributed by atoms with Gasteiger partial charge in [-0.25, -0.2) is 0 Å². The Labute approximate surface area is 156 Å². The summed E-state index contributed by atoms with van der Waals surface area (Å²) in [5, 5.41) is 0. The molecule has 0 saturated heterocycles. The topological polar surface area (TPSA) is 0 Å². The van der Waals surface area contributed by atoms with Crippen molar-refractivity contribution in [2.75, 3.05) is 0 Å². The van der Waals surface area contributed by atoms with Gasteiger partial charge in [0.15, 0.2) is 0 Å². The van der Waals surface area contributed by atoms with Gasteiger partial charge in [0.1, 0.15) is 0 Å². The van der Waals surface area contributed by atoms with E-state index in [1.165, 1.54) is 51.4 Å². The van der Waals surface area contributed by atoms with Crippen LogP contribution in [-0.2, 0) is 21.0 Å². The van der Waals surface area contributed by atoms with Crippen LogP contribution in [0.5, 0.6) is 0 Å². The van der Waals surface area contributed by atoms with E-state index >= 15 is 0 Å². The van der Waals surface area contributed by atoms with Crippen LogP contribution in [0.1, 0.15) is 65.2 Å². The third kappa shape index (κ3) is 5.73. The Morgan fingerprint density at radius 1 is 0.864 bits per heavy atom. The summed E-state index contributed by atoms with van der Waals surface area (Å²) >= 11 is -1.94. The summed E-state index contributed by atoms with van der Waals surface area (Å²) in [6.45, 7) is 4.58. The fourth-order valence-corrected chi connectivity index (χ4v) is 11.3. The number of unbranched alkanes of at least 4 members (excludes halogenated alkanes) is 2. The molecule has 0 aliphatic heterocycles. The van der Waals surface area contributed by atoms with E-state index in [2.05, 4.69) is 38.2 Å². The molecule has 2 rings (SSSR count). The van der Waals surface area contributed by atoms with Gasteiger partial charge in [0.25, 0.3) is 0 Å². The van der Waals surface area contributed by atoms with Crippen LogP contribution < -0.4 is 0 Å². The van der Waals surface area contributed by atoms with Gasteiger partial charge in [-0.1, -0.05) is 0 Å². The van der Waals surface area contributed by atoms with Gasteiger partial charge in [-0.3, -0.25) is 0 Å². The zero-order valence-electron chi connectivity index (χ0n) is 14.0. The third-order valence-corrected chi connectivity index (χ3v) is 13.4. The average Bonchev–Trinajstić information content (AvgIpc) is 3.10. The molecular formula is C19H30Cl2Hf. The molecule has 0 radical (unpaired) electrons. The van der Waals surface area contributed by atoms with E-state index in [1.54, 1.807) is 17.8 Å². The SMILES string of the molecule is Cl.Cl.[CH2]=[Hf]([C]1=C(CCCC)C=CC1)[C]1=C(CCCC)C=CC1. The summed E-state index contributed by atoms with van der Waals surface area (Å²) in [5.74, 6) is 0. The van der Waals surface area contributed by atoms with Crippen molar-refractivity contribution in [3.63, 3.8) is 0 Å². The molecule has 0 N–H and O–H groups in total. The molecule has 2 aliphatic rings. The molecule has 0 heterocycles. The van der Waals surface area contributed by atoms with E-state index in [0.717, 1.165) is 0 Å². The third-order valence-electron chi connectivity index (χ3n) is 4.39. The molecule has 22 heavy (non-hydrogen) atoms. The fraction of sp³-hybridized carbons (Fsp3) is 0.526. The van der Waals surface area contributed by atoms with Crippen molar-refractivity contribution in [1.29, 1.82) is 0 Å². The van der Waals surface area contributed by atoms with Gasteiger partial charge in [-0.15, -0.1) is 24.8 Å². The molecule has 0 aromatic heterocycles. The van der Waals surface area contributed by atoms with Crippen molar-refractivity contribution in [3.05, 3.63) is 42.1 Å². The Kier molecular flexibility index (Phi) is 11.9. The first-order valence-electron chi connectivity index (χ1n) is 8.24. The molecule has 0 spiro atoms. The summed E-state index contributed by atoms with van der Waals surface area (Å²) in [6, 6.07) is 0. The molecule has 0 bridgehead atoms. The summed E-state index contributed by atoms with van der Waals surface area (Å²) in [4.78, 5) is 0. The van der Waals surface area contributed by atoms with E-state index < -0.39 is 21.0 Å². The van der Waals surface area contributed by atoms with Crippen molar-refractivity contribution in [2.45, 2.75) is 65.2 Å². The van der Waals surface area contributed by atoms with Crippen LogP contribution in [0.3, 0.4) is 0 Å². The number of hydrogen-bond acceptors (Lipinski definition) is 0. The maximum atomic E-state index is 4.74. The zero-order chi connectivity index (χ0) is 14.4. The molecule has 0 aromatic carbocycles. The summed E-state index contributed by atoms with van der Waals surface area (Å²) in [7, 11) is 0. The van der Waals surface area contributed by atoms with Crippen LogP contribution in [0.25, 0.3) is 0 Å². The quantitative estimate of drug-likeness (QED) is 0.321. The molecule has 0 atom stereocenters. The average molecular weight is 508 g/mol. The summed E-state index contributed by atoms with van der Waals surface area (Å²) < 4.78 is 8.34. The van der Waals surface area contributed by atoms with E-state index in [0.29, 0.717) is 0 Å². The van der Waals surface area contributed by atoms with Gasteiger partial charge >= 0.3 is 133 Å². The Morgan fingerprint density at radius 3 is 1.64 bits per heavy atom. The van der Waals surface area contributed by atoms with Gasteiger partial charge in [-0.2, -0.15) is 0 Å². The number of hydrogen-bond donors (Lipinski definition) is 0. The van der Waals surface area contributed by atoms with Crippen LogP contribution in [0.15, 0.2) is 42.1 Å². The van der Waals surface area contributed by atoms with Crippen molar-refractivity contribution >= 4 is 29.1 Å². The first kappa shape index (κ1) is 22.3. The van der Waals surface area contributed by atoms with Crippen LogP contribution in [-0.4, -0.2) is 4.26 Å². The normalized spacial score (nSPS) is 16.1. The molecule has 0 saturated carbocycles. The zero-order valence-corrected chi connectivity index (χ0v) is 19.2. The predicted octanol–water partition coefficient (Wildman–Crippen LogP) is 6.69. The molecule has 3 heteroatoms. The van der Waals surface area contributed by atoms with Gasteiger partial charge in [0.2, 0.25) is 0 Å². The van der Waals surface area contributed by atoms with Crippen LogP contribution in [0, 0.1) is 0 Å². The molecular weight excluding hydrogens is 478 g/mol. The molecule has 2 aliphatic carbocycles. The fourth-order valence-electron chi connectivity index (χ4n) is 3.12. The van der Waals surface area contributed by atoms with Gasteiger partial charge in [0, 0.05) is 0 Å². The van der Waals surface area contributed by atoms with Crippen LogP contribution in [0.4, 0.5) is 0 Å². The van der Waals surface area contributed by atoms with E-state index in [9.17, 15) is 0 Å². The van der Waals surface area contributed by atoms with Crippen LogP contribution in [0.2, 0.25) is 0 Å². The monoisotopic (exact) mass is 508 g/mol. The molecule has 0 amide bonds. The van der Waals surface area contributed by atoms with Gasteiger partial charge < -0.3 is 0 Å². The second-order valence-corrected chi connectivity index (χ2v) is 13.7. The second-order valence-electron chi connectivity index (χ2n) is 5.91. The number of halogens is 2. The van der Waals surface area contributed by atoms with Gasteiger partial charge in [-0.05, 0) is 0 Å². The second kappa shape index (κ2) is 11.8. The first-order valence-corrected chi connectivity index (χ1v) is 14.4. The summed E-state index contributed by atoms with van der Waals surface area (Å²) in [6.07, 6.45) is 19.8.